The minimum absolute atomic E-state index is 0.151. The van der Waals surface area contributed by atoms with Gasteiger partial charge in [0.05, 0.1) is 18.8 Å². The summed E-state index contributed by atoms with van der Waals surface area (Å²) in [4.78, 5) is 14.5. The Kier molecular flexibility index (Phi) is 5.24. The maximum atomic E-state index is 12.2. The van der Waals surface area contributed by atoms with Gasteiger partial charge in [0.1, 0.15) is 6.10 Å². The molecule has 124 valence electrons. The smallest absolute Gasteiger partial charge is 0.359 e. The number of hydrogen-bond donors (Lipinski definition) is 0. The summed E-state index contributed by atoms with van der Waals surface area (Å²) >= 11 is 0. The zero-order chi connectivity index (χ0) is 16.3. The molecule has 1 aliphatic heterocycles. The normalized spacial score (nSPS) is 18.2. The van der Waals surface area contributed by atoms with Crippen molar-refractivity contribution < 1.29 is 14.3 Å². The number of hydrogen-bond acceptors (Lipinski definition) is 5. The topological polar surface area (TPSA) is 56.6 Å². The number of ether oxygens (including phenoxy) is 2. The van der Waals surface area contributed by atoms with Gasteiger partial charge in [-0.05, 0) is 40.7 Å². The van der Waals surface area contributed by atoms with Crippen LogP contribution >= 0.6 is 0 Å². The molecule has 1 saturated heterocycles. The molecule has 1 aromatic heterocycles. The Balaban J connectivity index is 1.94. The zero-order valence-electron chi connectivity index (χ0n) is 14.3. The number of carbonyl (C=O) groups excluding carboxylic acids is 1. The molecule has 0 saturated carbocycles. The van der Waals surface area contributed by atoms with Crippen LogP contribution in [-0.4, -0.2) is 59.6 Å². The second-order valence-electron chi connectivity index (χ2n) is 6.88. The van der Waals surface area contributed by atoms with Gasteiger partial charge >= 0.3 is 5.97 Å². The number of esters is 1. The van der Waals surface area contributed by atoms with Gasteiger partial charge in [0.15, 0.2) is 5.69 Å². The summed E-state index contributed by atoms with van der Waals surface area (Å²) in [5.41, 5.74) is 1.18. The predicted octanol–water partition coefficient (Wildman–Crippen LogP) is 1.82. The molecular weight excluding hydrogens is 282 g/mol. The Morgan fingerprint density at radius 3 is 2.59 bits per heavy atom. The summed E-state index contributed by atoms with van der Waals surface area (Å²) in [7, 11) is 0. The Morgan fingerprint density at radius 2 is 2.05 bits per heavy atom. The summed E-state index contributed by atoms with van der Waals surface area (Å²) in [5.74, 6) is -0.355. The minimum atomic E-state index is -0.355. The van der Waals surface area contributed by atoms with Crippen molar-refractivity contribution in [3.05, 3.63) is 17.5 Å². The first-order valence-corrected chi connectivity index (χ1v) is 7.85. The molecule has 2 heterocycles. The van der Waals surface area contributed by atoms with Gasteiger partial charge < -0.3 is 9.47 Å². The molecule has 0 aromatic carbocycles. The van der Waals surface area contributed by atoms with Crippen molar-refractivity contribution in [1.82, 2.24) is 14.7 Å². The molecule has 22 heavy (non-hydrogen) atoms. The Bertz CT molecular complexity index is 513. The van der Waals surface area contributed by atoms with Gasteiger partial charge in [-0.25, -0.2) is 4.79 Å². The average molecular weight is 309 g/mol. The molecule has 0 aliphatic carbocycles. The molecule has 0 amide bonds. The van der Waals surface area contributed by atoms with Gasteiger partial charge in [0, 0.05) is 25.3 Å². The molecule has 1 atom stereocenters. The van der Waals surface area contributed by atoms with Gasteiger partial charge in [-0.2, -0.15) is 5.10 Å². The van der Waals surface area contributed by atoms with Gasteiger partial charge in [-0.1, -0.05) is 0 Å². The lowest BCUT2D eigenvalue weighted by Crippen LogP contribution is -2.41. The number of carbonyl (C=O) groups is 1. The predicted molar refractivity (Wildman–Crippen MR) is 84.1 cm³/mol. The third kappa shape index (κ3) is 4.30. The monoisotopic (exact) mass is 309 g/mol. The highest BCUT2D eigenvalue weighted by molar-refractivity contribution is 5.87. The maximum absolute atomic E-state index is 12.2. The highest BCUT2D eigenvalue weighted by Crippen LogP contribution is 2.17. The van der Waals surface area contributed by atoms with Crippen LogP contribution in [0, 0.1) is 6.92 Å². The SMILES string of the molecule is Cc1cc(C(=O)OC(C)CN2CCOCC2)nn1C(C)(C)C. The fourth-order valence-electron chi connectivity index (χ4n) is 2.68. The standard InChI is InChI=1S/C16H27N3O3/c1-12-10-14(17-19(12)16(3,4)5)15(20)22-13(2)11-18-6-8-21-9-7-18/h10,13H,6-9,11H2,1-5H3. The van der Waals surface area contributed by atoms with E-state index in [1.165, 1.54) is 0 Å². The van der Waals surface area contributed by atoms with Crippen molar-refractivity contribution in [3.8, 4) is 0 Å². The van der Waals surface area contributed by atoms with Crippen LogP contribution in [0.3, 0.4) is 0 Å². The molecule has 2 rings (SSSR count). The molecule has 0 radical (unpaired) electrons. The summed E-state index contributed by atoms with van der Waals surface area (Å²) in [6, 6.07) is 1.79. The minimum Gasteiger partial charge on any atom is -0.457 e. The first-order valence-electron chi connectivity index (χ1n) is 7.85. The number of aryl methyl sites for hydroxylation is 1. The zero-order valence-corrected chi connectivity index (χ0v) is 14.3. The number of aromatic nitrogens is 2. The van der Waals surface area contributed by atoms with Crippen molar-refractivity contribution in [3.63, 3.8) is 0 Å². The fourth-order valence-corrected chi connectivity index (χ4v) is 2.68. The molecule has 6 heteroatoms. The largest absolute Gasteiger partial charge is 0.457 e. The van der Waals surface area contributed by atoms with Crippen molar-refractivity contribution in [1.29, 1.82) is 0 Å². The fraction of sp³-hybridized carbons (Fsp3) is 0.750. The van der Waals surface area contributed by atoms with E-state index in [0.717, 1.165) is 38.5 Å². The number of morpholine rings is 1. The Hall–Kier alpha value is -1.40. The van der Waals surface area contributed by atoms with E-state index in [1.54, 1.807) is 6.07 Å². The van der Waals surface area contributed by atoms with Crippen molar-refractivity contribution in [2.45, 2.75) is 46.3 Å². The molecule has 0 spiro atoms. The van der Waals surface area contributed by atoms with Crippen molar-refractivity contribution >= 4 is 5.97 Å². The third-order valence-electron chi connectivity index (χ3n) is 3.66. The van der Waals surface area contributed by atoms with Crippen molar-refractivity contribution in [2.75, 3.05) is 32.8 Å². The maximum Gasteiger partial charge on any atom is 0.359 e. The first-order chi connectivity index (χ1) is 10.3. The van der Waals surface area contributed by atoms with Crippen LogP contribution in [0.1, 0.15) is 43.9 Å². The molecule has 0 N–H and O–H groups in total. The van der Waals surface area contributed by atoms with E-state index in [4.69, 9.17) is 9.47 Å². The molecule has 1 aromatic rings. The summed E-state index contributed by atoms with van der Waals surface area (Å²) in [5, 5.41) is 4.39. The summed E-state index contributed by atoms with van der Waals surface area (Å²) < 4.78 is 12.7. The first kappa shape index (κ1) is 17.0. The van der Waals surface area contributed by atoms with Crippen LogP contribution in [0.5, 0.6) is 0 Å². The highest BCUT2D eigenvalue weighted by atomic mass is 16.5. The van der Waals surface area contributed by atoms with Gasteiger partial charge in [0.25, 0.3) is 0 Å². The average Bonchev–Trinajstić information content (AvgIpc) is 2.82. The molecular formula is C16H27N3O3. The van der Waals surface area contributed by atoms with E-state index >= 15 is 0 Å². The van der Waals surface area contributed by atoms with E-state index < -0.39 is 0 Å². The van der Waals surface area contributed by atoms with E-state index in [1.807, 2.05) is 18.5 Å². The Labute approximate surface area is 132 Å². The Morgan fingerprint density at radius 1 is 1.41 bits per heavy atom. The number of nitrogens with zero attached hydrogens (tertiary/aromatic N) is 3. The van der Waals surface area contributed by atoms with E-state index in [9.17, 15) is 4.79 Å². The lowest BCUT2D eigenvalue weighted by molar-refractivity contribution is 0.0000458. The molecule has 6 nitrogen and oxygen atoms in total. The highest BCUT2D eigenvalue weighted by Gasteiger charge is 2.23. The summed E-state index contributed by atoms with van der Waals surface area (Å²) in [6.07, 6.45) is -0.161. The number of rotatable bonds is 4. The van der Waals surface area contributed by atoms with Gasteiger partial charge in [-0.3, -0.25) is 9.58 Å². The van der Waals surface area contributed by atoms with Gasteiger partial charge in [-0.15, -0.1) is 0 Å². The van der Waals surface area contributed by atoms with Crippen LogP contribution in [0.2, 0.25) is 0 Å². The van der Waals surface area contributed by atoms with E-state index in [0.29, 0.717) is 5.69 Å². The van der Waals surface area contributed by atoms with E-state index in [2.05, 4.69) is 30.8 Å². The second kappa shape index (κ2) is 6.79. The van der Waals surface area contributed by atoms with Gasteiger partial charge in [0.2, 0.25) is 0 Å². The van der Waals surface area contributed by atoms with E-state index in [-0.39, 0.29) is 17.6 Å². The van der Waals surface area contributed by atoms with Crippen molar-refractivity contribution in [2.24, 2.45) is 0 Å². The second-order valence-corrected chi connectivity index (χ2v) is 6.88. The molecule has 1 unspecified atom stereocenters. The quantitative estimate of drug-likeness (QED) is 0.794. The van der Waals surface area contributed by atoms with Crippen LogP contribution < -0.4 is 0 Å². The third-order valence-corrected chi connectivity index (χ3v) is 3.66. The molecule has 1 fully saturated rings. The molecule has 1 aliphatic rings. The van der Waals surface area contributed by atoms with Crippen LogP contribution in [0.25, 0.3) is 0 Å². The lowest BCUT2D eigenvalue weighted by Gasteiger charge is -2.28. The van der Waals surface area contributed by atoms with Crippen LogP contribution in [0.4, 0.5) is 0 Å². The van der Waals surface area contributed by atoms with Crippen LogP contribution in [0.15, 0.2) is 6.07 Å². The summed E-state index contributed by atoms with van der Waals surface area (Å²) in [6.45, 7) is 14.0. The van der Waals surface area contributed by atoms with Crippen LogP contribution in [-0.2, 0) is 15.0 Å². The molecule has 0 bridgehead atoms. The lowest BCUT2D eigenvalue weighted by atomic mass is 10.1.